The van der Waals surface area contributed by atoms with E-state index in [0.717, 1.165) is 0 Å². The standard InChI is InChI=1S/C49H34/c1-33-27-30-46-47(31-33)48(37-29-28-34-15-5-6-18-36(34)32-37)44-25-13-14-26-45(44)49(46)43-24-12-11-23-42(43)41-22-10-9-21-40(41)39-20-8-7-19-38(39)35-16-3-2-4-17-35/h2-32H,1H3. The molecule has 0 heteroatoms. The molecule has 230 valence electrons. The predicted octanol–water partition coefficient (Wildman–Crippen LogP) is 13.8. The van der Waals surface area contributed by atoms with Crippen molar-refractivity contribution in [2.24, 2.45) is 0 Å². The van der Waals surface area contributed by atoms with Crippen molar-refractivity contribution in [3.8, 4) is 55.6 Å². The second-order valence-corrected chi connectivity index (χ2v) is 12.9. The quantitative estimate of drug-likeness (QED) is 0.168. The molecule has 0 radical (unpaired) electrons. The molecule has 0 fully saturated rings. The maximum Gasteiger partial charge on any atom is -0.00201 e. The van der Waals surface area contributed by atoms with Gasteiger partial charge in [-0.15, -0.1) is 0 Å². The van der Waals surface area contributed by atoms with Gasteiger partial charge in [0, 0.05) is 0 Å². The van der Waals surface area contributed by atoms with Crippen LogP contribution >= 0.6 is 0 Å². The van der Waals surface area contributed by atoms with E-state index in [-0.39, 0.29) is 0 Å². The largest absolute Gasteiger partial charge is 0.0622 e. The topological polar surface area (TPSA) is 0 Å². The van der Waals surface area contributed by atoms with Crippen molar-refractivity contribution in [2.75, 3.05) is 0 Å². The maximum absolute atomic E-state index is 2.38. The lowest BCUT2D eigenvalue weighted by atomic mass is 9.82. The van der Waals surface area contributed by atoms with E-state index >= 15 is 0 Å². The summed E-state index contributed by atoms with van der Waals surface area (Å²) in [6.45, 7) is 2.20. The zero-order valence-corrected chi connectivity index (χ0v) is 27.4. The first-order chi connectivity index (χ1) is 24.2. The Kier molecular flexibility index (Phi) is 7.14. The Morgan fingerprint density at radius 1 is 0.265 bits per heavy atom. The summed E-state index contributed by atoms with van der Waals surface area (Å²) in [5.74, 6) is 0. The van der Waals surface area contributed by atoms with Crippen LogP contribution in [-0.2, 0) is 0 Å². The van der Waals surface area contributed by atoms with Crippen LogP contribution in [0, 0.1) is 6.92 Å². The second kappa shape index (κ2) is 12.1. The number of hydrogen-bond acceptors (Lipinski definition) is 0. The van der Waals surface area contributed by atoms with Gasteiger partial charge < -0.3 is 0 Å². The molecule has 0 heterocycles. The molecule has 0 saturated carbocycles. The molecule has 0 unspecified atom stereocenters. The molecule has 49 heavy (non-hydrogen) atoms. The monoisotopic (exact) mass is 622 g/mol. The van der Waals surface area contributed by atoms with Crippen LogP contribution in [0.2, 0.25) is 0 Å². The van der Waals surface area contributed by atoms with Crippen molar-refractivity contribution < 1.29 is 0 Å². The van der Waals surface area contributed by atoms with Gasteiger partial charge in [0.1, 0.15) is 0 Å². The lowest BCUT2D eigenvalue weighted by Gasteiger charge is -2.21. The summed E-state index contributed by atoms with van der Waals surface area (Å²) in [5, 5.41) is 7.59. The molecule has 9 aromatic carbocycles. The number of rotatable bonds is 5. The smallest absolute Gasteiger partial charge is 0.00201 e. The highest BCUT2D eigenvalue weighted by atomic mass is 14.2. The lowest BCUT2D eigenvalue weighted by Crippen LogP contribution is -1.94. The molecule has 0 atom stereocenters. The fraction of sp³-hybridized carbons (Fsp3) is 0.0204. The Labute approximate surface area is 287 Å². The van der Waals surface area contributed by atoms with Gasteiger partial charge in [0.2, 0.25) is 0 Å². The molecule has 0 aliphatic rings. The number of benzene rings is 9. The first kappa shape index (κ1) is 28.9. The number of aryl methyl sites for hydroxylation is 1. The van der Waals surface area contributed by atoms with Crippen molar-refractivity contribution in [2.45, 2.75) is 6.92 Å². The van der Waals surface area contributed by atoms with Gasteiger partial charge in [-0.25, -0.2) is 0 Å². The highest BCUT2D eigenvalue weighted by Crippen LogP contribution is 2.48. The van der Waals surface area contributed by atoms with E-state index < -0.39 is 0 Å². The molecule has 0 bridgehead atoms. The number of fused-ring (bicyclic) bond motifs is 3. The van der Waals surface area contributed by atoms with E-state index in [1.54, 1.807) is 0 Å². The van der Waals surface area contributed by atoms with Crippen molar-refractivity contribution in [3.05, 3.63) is 194 Å². The molecular formula is C49H34. The fourth-order valence-electron chi connectivity index (χ4n) is 7.71. The summed E-state index contributed by atoms with van der Waals surface area (Å²) in [6.07, 6.45) is 0. The van der Waals surface area contributed by atoms with Crippen LogP contribution in [-0.4, -0.2) is 0 Å². The van der Waals surface area contributed by atoms with E-state index in [1.807, 2.05) is 0 Å². The number of hydrogen-bond donors (Lipinski definition) is 0. The fourth-order valence-corrected chi connectivity index (χ4v) is 7.71. The lowest BCUT2D eigenvalue weighted by molar-refractivity contribution is 1.51. The van der Waals surface area contributed by atoms with Gasteiger partial charge >= 0.3 is 0 Å². The van der Waals surface area contributed by atoms with Crippen molar-refractivity contribution >= 4 is 32.3 Å². The molecular weight excluding hydrogens is 589 g/mol. The van der Waals surface area contributed by atoms with Crippen LogP contribution in [0.4, 0.5) is 0 Å². The average molecular weight is 623 g/mol. The van der Waals surface area contributed by atoms with Gasteiger partial charge in [0.15, 0.2) is 0 Å². The van der Waals surface area contributed by atoms with Crippen LogP contribution in [0.3, 0.4) is 0 Å². The average Bonchev–Trinajstić information content (AvgIpc) is 3.17. The van der Waals surface area contributed by atoms with Crippen LogP contribution in [0.1, 0.15) is 5.56 Å². The van der Waals surface area contributed by atoms with Gasteiger partial charge in [-0.1, -0.05) is 188 Å². The van der Waals surface area contributed by atoms with E-state index in [0.29, 0.717) is 0 Å². The van der Waals surface area contributed by atoms with Gasteiger partial charge in [-0.05, 0) is 101 Å². The van der Waals surface area contributed by atoms with Crippen LogP contribution in [0.15, 0.2) is 188 Å². The third kappa shape index (κ3) is 5.01. The zero-order valence-electron chi connectivity index (χ0n) is 27.4. The molecule has 0 aliphatic heterocycles. The molecule has 0 saturated heterocycles. The van der Waals surface area contributed by atoms with Gasteiger partial charge in [0.25, 0.3) is 0 Å². The highest BCUT2D eigenvalue weighted by molar-refractivity contribution is 6.23. The first-order valence-corrected chi connectivity index (χ1v) is 17.0. The van der Waals surface area contributed by atoms with E-state index in [1.165, 1.54) is 93.5 Å². The molecule has 9 aromatic rings. The Balaban J connectivity index is 1.33. The Bertz CT molecular complexity index is 2660. The normalized spacial score (nSPS) is 11.4. The molecule has 9 rings (SSSR count). The Morgan fingerprint density at radius 2 is 0.755 bits per heavy atom. The van der Waals surface area contributed by atoms with Crippen molar-refractivity contribution in [1.29, 1.82) is 0 Å². The third-order valence-electron chi connectivity index (χ3n) is 9.93. The predicted molar refractivity (Wildman–Crippen MR) is 211 cm³/mol. The van der Waals surface area contributed by atoms with Crippen molar-refractivity contribution in [3.63, 3.8) is 0 Å². The van der Waals surface area contributed by atoms with E-state index in [2.05, 4.69) is 195 Å². The molecule has 0 aromatic heterocycles. The SMILES string of the molecule is Cc1ccc2c(-c3ccccc3-c3ccccc3-c3ccccc3-c3ccccc3)c3ccccc3c(-c3ccc4ccccc4c3)c2c1. The minimum absolute atomic E-state index is 1.22. The summed E-state index contributed by atoms with van der Waals surface area (Å²) in [4.78, 5) is 0. The van der Waals surface area contributed by atoms with Gasteiger partial charge in [-0.2, -0.15) is 0 Å². The summed E-state index contributed by atoms with van der Waals surface area (Å²) >= 11 is 0. The van der Waals surface area contributed by atoms with Gasteiger partial charge in [0.05, 0.1) is 0 Å². The van der Waals surface area contributed by atoms with Gasteiger partial charge in [-0.3, -0.25) is 0 Å². The molecule has 0 spiro atoms. The molecule has 0 aliphatic carbocycles. The van der Waals surface area contributed by atoms with Crippen LogP contribution in [0.25, 0.3) is 88.0 Å². The highest BCUT2D eigenvalue weighted by Gasteiger charge is 2.21. The Morgan fingerprint density at radius 3 is 1.45 bits per heavy atom. The second-order valence-electron chi connectivity index (χ2n) is 12.9. The van der Waals surface area contributed by atoms with E-state index in [9.17, 15) is 0 Å². The maximum atomic E-state index is 2.38. The molecule has 0 nitrogen and oxygen atoms in total. The first-order valence-electron chi connectivity index (χ1n) is 17.0. The summed E-state index contributed by atoms with van der Waals surface area (Å²) in [5.41, 5.74) is 13.7. The molecule has 0 N–H and O–H groups in total. The summed E-state index contributed by atoms with van der Waals surface area (Å²) in [7, 11) is 0. The minimum Gasteiger partial charge on any atom is -0.0622 e. The van der Waals surface area contributed by atoms with Crippen molar-refractivity contribution in [1.82, 2.24) is 0 Å². The zero-order chi connectivity index (χ0) is 32.7. The summed E-state index contributed by atoms with van der Waals surface area (Å²) in [6, 6.07) is 68.9. The summed E-state index contributed by atoms with van der Waals surface area (Å²) < 4.78 is 0. The Hall–Kier alpha value is -6.24. The van der Waals surface area contributed by atoms with Crippen LogP contribution < -0.4 is 0 Å². The van der Waals surface area contributed by atoms with Crippen LogP contribution in [0.5, 0.6) is 0 Å². The minimum atomic E-state index is 1.22. The third-order valence-corrected chi connectivity index (χ3v) is 9.93. The molecule has 0 amide bonds. The van der Waals surface area contributed by atoms with E-state index in [4.69, 9.17) is 0 Å².